The Morgan fingerprint density at radius 2 is 2.00 bits per heavy atom. The van der Waals surface area contributed by atoms with E-state index in [4.69, 9.17) is 0 Å². The molecule has 3 aromatic rings. The van der Waals surface area contributed by atoms with Crippen molar-refractivity contribution in [3.05, 3.63) is 65.1 Å². The first kappa shape index (κ1) is 14.0. The lowest BCUT2D eigenvalue weighted by atomic mass is 10.3. The Hall–Kier alpha value is -1.98. The Morgan fingerprint density at radius 1 is 1.19 bits per heavy atom. The Bertz CT molecular complexity index is 747. The summed E-state index contributed by atoms with van der Waals surface area (Å²) >= 11 is 3.10. The Labute approximate surface area is 131 Å². The van der Waals surface area contributed by atoms with Gasteiger partial charge >= 0.3 is 0 Å². The molecular weight excluding hydrogens is 300 g/mol. The number of carbonyl (C=O) groups is 1. The number of thioether (sulfide) groups is 1. The van der Waals surface area contributed by atoms with Gasteiger partial charge in [0.2, 0.25) is 0 Å². The van der Waals surface area contributed by atoms with Gasteiger partial charge in [0.05, 0.1) is 5.69 Å². The molecule has 0 fully saturated rings. The zero-order chi connectivity index (χ0) is 14.7. The fourth-order valence-electron chi connectivity index (χ4n) is 2.06. The van der Waals surface area contributed by atoms with E-state index in [1.165, 1.54) is 11.3 Å². The van der Waals surface area contributed by atoms with E-state index >= 15 is 0 Å². The first-order valence-electron chi connectivity index (χ1n) is 6.44. The van der Waals surface area contributed by atoms with Gasteiger partial charge in [-0.15, -0.1) is 23.1 Å². The molecule has 21 heavy (non-hydrogen) atoms. The van der Waals surface area contributed by atoms with Crippen molar-refractivity contribution in [1.29, 1.82) is 0 Å². The highest BCUT2D eigenvalue weighted by Gasteiger charge is 2.14. The second-order valence-electron chi connectivity index (χ2n) is 4.41. The fourth-order valence-corrected chi connectivity index (χ4v) is 3.30. The predicted octanol–water partition coefficient (Wildman–Crippen LogP) is 4.51. The van der Waals surface area contributed by atoms with Crippen molar-refractivity contribution < 1.29 is 4.79 Å². The average molecular weight is 314 g/mol. The Morgan fingerprint density at radius 3 is 2.76 bits per heavy atom. The van der Waals surface area contributed by atoms with Gasteiger partial charge in [0, 0.05) is 23.0 Å². The minimum absolute atomic E-state index is 0.0769. The molecule has 3 nitrogen and oxygen atoms in total. The van der Waals surface area contributed by atoms with Crippen LogP contribution in [0.5, 0.6) is 0 Å². The summed E-state index contributed by atoms with van der Waals surface area (Å²) in [6.45, 7) is 0. The predicted molar refractivity (Wildman–Crippen MR) is 89.8 cm³/mol. The van der Waals surface area contributed by atoms with Crippen LogP contribution in [0.1, 0.15) is 9.67 Å². The number of aromatic nitrogens is 1. The molecule has 1 N–H and O–H groups in total. The van der Waals surface area contributed by atoms with Crippen LogP contribution < -0.4 is 5.32 Å². The number of hydrogen-bond donors (Lipinski definition) is 1. The zero-order valence-corrected chi connectivity index (χ0v) is 13.1. The van der Waals surface area contributed by atoms with E-state index in [0.29, 0.717) is 4.88 Å². The number of rotatable bonds is 4. The standard InChI is InChI=1S/C16H14N2OS2/c1-20-13-6-4-5-12(11-13)17-16(19)15-14(7-10-21-15)18-8-2-3-9-18/h2-11H,1H3,(H,17,19). The quantitative estimate of drug-likeness (QED) is 0.719. The topological polar surface area (TPSA) is 34.0 Å². The van der Waals surface area contributed by atoms with Gasteiger partial charge in [-0.1, -0.05) is 6.07 Å². The summed E-state index contributed by atoms with van der Waals surface area (Å²) < 4.78 is 1.95. The summed E-state index contributed by atoms with van der Waals surface area (Å²) in [7, 11) is 0. The van der Waals surface area contributed by atoms with Gasteiger partial charge in [0.1, 0.15) is 4.88 Å². The van der Waals surface area contributed by atoms with Crippen molar-refractivity contribution in [3.8, 4) is 5.69 Å². The third-order valence-electron chi connectivity index (χ3n) is 3.06. The molecule has 0 atom stereocenters. The molecule has 106 valence electrons. The molecule has 2 heterocycles. The van der Waals surface area contributed by atoms with Gasteiger partial charge < -0.3 is 9.88 Å². The second-order valence-corrected chi connectivity index (χ2v) is 6.21. The molecule has 2 aromatic heterocycles. The molecule has 0 aliphatic carbocycles. The van der Waals surface area contributed by atoms with Gasteiger partial charge in [0.15, 0.2) is 0 Å². The highest BCUT2D eigenvalue weighted by Crippen LogP contribution is 2.24. The molecule has 0 unspecified atom stereocenters. The van der Waals surface area contributed by atoms with E-state index in [1.54, 1.807) is 11.8 Å². The smallest absolute Gasteiger partial charge is 0.267 e. The summed E-state index contributed by atoms with van der Waals surface area (Å²) in [4.78, 5) is 14.3. The van der Waals surface area contributed by atoms with E-state index in [-0.39, 0.29) is 5.91 Å². The number of nitrogens with zero attached hydrogens (tertiary/aromatic N) is 1. The summed E-state index contributed by atoms with van der Waals surface area (Å²) in [6, 6.07) is 13.7. The molecule has 0 saturated heterocycles. The Balaban J connectivity index is 1.85. The van der Waals surface area contributed by atoms with Crippen LogP contribution in [0, 0.1) is 0 Å². The van der Waals surface area contributed by atoms with E-state index in [9.17, 15) is 4.79 Å². The van der Waals surface area contributed by atoms with Crippen LogP contribution in [0.15, 0.2) is 65.1 Å². The molecule has 5 heteroatoms. The lowest BCUT2D eigenvalue weighted by molar-refractivity contribution is 0.103. The highest BCUT2D eigenvalue weighted by molar-refractivity contribution is 7.98. The van der Waals surface area contributed by atoms with Crippen molar-refractivity contribution in [1.82, 2.24) is 4.57 Å². The summed E-state index contributed by atoms with van der Waals surface area (Å²) in [5.41, 5.74) is 1.72. The number of benzene rings is 1. The molecule has 3 rings (SSSR count). The number of anilines is 1. The van der Waals surface area contributed by atoms with E-state index in [1.807, 2.05) is 71.1 Å². The van der Waals surface area contributed by atoms with Crippen molar-refractivity contribution in [2.75, 3.05) is 11.6 Å². The monoisotopic (exact) mass is 314 g/mol. The van der Waals surface area contributed by atoms with Gasteiger partial charge in [-0.25, -0.2) is 0 Å². The Kier molecular flexibility index (Phi) is 4.13. The molecular formula is C16H14N2OS2. The van der Waals surface area contributed by atoms with Gasteiger partial charge in [-0.2, -0.15) is 0 Å². The summed E-state index contributed by atoms with van der Waals surface area (Å²) in [6.07, 6.45) is 5.89. The number of carbonyl (C=O) groups excluding carboxylic acids is 1. The van der Waals surface area contributed by atoms with Crippen LogP contribution in [-0.4, -0.2) is 16.7 Å². The van der Waals surface area contributed by atoms with E-state index in [2.05, 4.69) is 5.32 Å². The number of thiophene rings is 1. The van der Waals surface area contributed by atoms with Crippen LogP contribution in [0.4, 0.5) is 5.69 Å². The first-order chi connectivity index (χ1) is 10.3. The minimum atomic E-state index is -0.0769. The molecule has 1 aromatic carbocycles. The third-order valence-corrected chi connectivity index (χ3v) is 4.69. The number of hydrogen-bond acceptors (Lipinski definition) is 3. The fraction of sp³-hybridized carbons (Fsp3) is 0.0625. The van der Waals surface area contributed by atoms with E-state index in [0.717, 1.165) is 16.3 Å². The van der Waals surface area contributed by atoms with Gasteiger partial charge in [0.25, 0.3) is 5.91 Å². The lowest BCUT2D eigenvalue weighted by Gasteiger charge is -2.08. The van der Waals surface area contributed by atoms with Gasteiger partial charge in [-0.3, -0.25) is 4.79 Å². The van der Waals surface area contributed by atoms with Crippen LogP contribution in [0.2, 0.25) is 0 Å². The number of nitrogens with one attached hydrogen (secondary N) is 1. The van der Waals surface area contributed by atoms with Crippen molar-refractivity contribution >= 4 is 34.7 Å². The first-order valence-corrected chi connectivity index (χ1v) is 8.54. The largest absolute Gasteiger partial charge is 0.322 e. The molecule has 0 aliphatic rings. The minimum Gasteiger partial charge on any atom is -0.322 e. The molecule has 0 saturated carbocycles. The van der Waals surface area contributed by atoms with Crippen LogP contribution >= 0.6 is 23.1 Å². The molecule has 1 amide bonds. The van der Waals surface area contributed by atoms with Crippen LogP contribution in [0.3, 0.4) is 0 Å². The van der Waals surface area contributed by atoms with Crippen molar-refractivity contribution in [2.24, 2.45) is 0 Å². The molecule has 0 spiro atoms. The maximum absolute atomic E-state index is 12.5. The van der Waals surface area contributed by atoms with Crippen molar-refractivity contribution in [2.45, 2.75) is 4.90 Å². The average Bonchev–Trinajstić information content (AvgIpc) is 3.18. The molecule has 0 aliphatic heterocycles. The highest BCUT2D eigenvalue weighted by atomic mass is 32.2. The second kappa shape index (κ2) is 6.20. The third kappa shape index (κ3) is 3.04. The maximum Gasteiger partial charge on any atom is 0.267 e. The van der Waals surface area contributed by atoms with E-state index < -0.39 is 0 Å². The van der Waals surface area contributed by atoms with Crippen LogP contribution in [0.25, 0.3) is 5.69 Å². The number of amides is 1. The van der Waals surface area contributed by atoms with Crippen LogP contribution in [-0.2, 0) is 0 Å². The van der Waals surface area contributed by atoms with Crippen molar-refractivity contribution in [3.63, 3.8) is 0 Å². The normalized spacial score (nSPS) is 10.5. The summed E-state index contributed by atoms with van der Waals surface area (Å²) in [5.74, 6) is -0.0769. The maximum atomic E-state index is 12.5. The molecule has 0 bridgehead atoms. The molecule has 0 radical (unpaired) electrons. The SMILES string of the molecule is CSc1cccc(NC(=O)c2sccc2-n2cccc2)c1. The zero-order valence-electron chi connectivity index (χ0n) is 11.4. The summed E-state index contributed by atoms with van der Waals surface area (Å²) in [5, 5.41) is 4.90. The van der Waals surface area contributed by atoms with Gasteiger partial charge in [-0.05, 0) is 48.0 Å². The lowest BCUT2D eigenvalue weighted by Crippen LogP contribution is -2.12.